The SMILES string of the molecule is Cc1cc(CN(C)CC(=O)Nc2ccccc2Cl)cc(C)c1OCC(F)(F)F. The van der Waals surface area contributed by atoms with Crippen LogP contribution in [0.5, 0.6) is 5.75 Å². The number of benzene rings is 2. The molecule has 0 heterocycles. The fraction of sp³-hybridized carbons (Fsp3) is 0.350. The van der Waals surface area contributed by atoms with Gasteiger partial charge in [-0.3, -0.25) is 9.69 Å². The van der Waals surface area contributed by atoms with Crippen molar-refractivity contribution < 1.29 is 22.7 Å². The zero-order chi connectivity index (χ0) is 20.9. The summed E-state index contributed by atoms with van der Waals surface area (Å²) in [5.41, 5.74) is 2.66. The Morgan fingerprint density at radius 2 is 1.79 bits per heavy atom. The first-order chi connectivity index (χ1) is 13.0. The molecule has 1 amide bonds. The fourth-order valence-corrected chi connectivity index (χ4v) is 3.06. The maximum Gasteiger partial charge on any atom is 0.422 e. The minimum atomic E-state index is -4.38. The van der Waals surface area contributed by atoms with Gasteiger partial charge < -0.3 is 10.1 Å². The van der Waals surface area contributed by atoms with Gasteiger partial charge in [-0.15, -0.1) is 0 Å². The van der Waals surface area contributed by atoms with Crippen molar-refractivity contribution in [1.29, 1.82) is 0 Å². The molecule has 0 unspecified atom stereocenters. The van der Waals surface area contributed by atoms with E-state index in [1.807, 2.05) is 0 Å². The van der Waals surface area contributed by atoms with Crippen LogP contribution in [0.15, 0.2) is 36.4 Å². The lowest BCUT2D eigenvalue weighted by molar-refractivity contribution is -0.153. The number of rotatable bonds is 7. The van der Waals surface area contributed by atoms with Crippen molar-refractivity contribution in [3.63, 3.8) is 0 Å². The van der Waals surface area contributed by atoms with E-state index in [2.05, 4.69) is 5.32 Å². The maximum atomic E-state index is 12.4. The molecule has 2 aromatic rings. The summed E-state index contributed by atoms with van der Waals surface area (Å²) in [6.45, 7) is 2.67. The number of carbonyl (C=O) groups excluding carboxylic acids is 1. The lowest BCUT2D eigenvalue weighted by atomic mass is 10.1. The molecule has 0 radical (unpaired) electrons. The van der Waals surface area contributed by atoms with Crippen LogP contribution in [-0.2, 0) is 11.3 Å². The van der Waals surface area contributed by atoms with Gasteiger partial charge in [0.1, 0.15) is 5.75 Å². The number of amides is 1. The Morgan fingerprint density at radius 3 is 2.36 bits per heavy atom. The van der Waals surface area contributed by atoms with Gasteiger partial charge in [0, 0.05) is 6.54 Å². The Labute approximate surface area is 167 Å². The number of likely N-dealkylation sites (N-methyl/N-ethyl adjacent to an activating group) is 1. The van der Waals surface area contributed by atoms with Crippen LogP contribution in [0.4, 0.5) is 18.9 Å². The number of alkyl halides is 3. The molecule has 0 bridgehead atoms. The number of hydrogen-bond acceptors (Lipinski definition) is 3. The van der Waals surface area contributed by atoms with E-state index in [0.29, 0.717) is 28.4 Å². The van der Waals surface area contributed by atoms with Crippen LogP contribution < -0.4 is 10.1 Å². The minimum Gasteiger partial charge on any atom is -0.484 e. The summed E-state index contributed by atoms with van der Waals surface area (Å²) in [5.74, 6) is 0.0226. The Hall–Kier alpha value is -2.25. The molecule has 2 rings (SSSR count). The molecular formula is C20H22ClF3N2O2. The van der Waals surface area contributed by atoms with Gasteiger partial charge in [0.15, 0.2) is 6.61 Å². The number of halogens is 4. The van der Waals surface area contributed by atoms with Crippen LogP contribution in [0.1, 0.15) is 16.7 Å². The molecule has 0 aliphatic rings. The topological polar surface area (TPSA) is 41.6 Å². The molecule has 0 saturated carbocycles. The third-order valence-corrected chi connectivity index (χ3v) is 4.24. The number of anilines is 1. The highest BCUT2D eigenvalue weighted by atomic mass is 35.5. The monoisotopic (exact) mass is 414 g/mol. The first kappa shape index (κ1) is 22.0. The summed E-state index contributed by atoms with van der Waals surface area (Å²) in [4.78, 5) is 14.0. The number of nitrogens with one attached hydrogen (secondary N) is 1. The van der Waals surface area contributed by atoms with Crippen LogP contribution in [0.25, 0.3) is 0 Å². The van der Waals surface area contributed by atoms with Crippen molar-refractivity contribution >= 4 is 23.2 Å². The average molecular weight is 415 g/mol. The Balaban J connectivity index is 1.97. The van der Waals surface area contributed by atoms with E-state index in [1.54, 1.807) is 62.2 Å². The van der Waals surface area contributed by atoms with Crippen molar-refractivity contribution in [1.82, 2.24) is 4.90 Å². The summed E-state index contributed by atoms with van der Waals surface area (Å²) in [6.07, 6.45) is -4.38. The number of carbonyl (C=O) groups is 1. The number of ether oxygens (including phenoxy) is 1. The van der Waals surface area contributed by atoms with Crippen molar-refractivity contribution in [3.05, 3.63) is 58.1 Å². The smallest absolute Gasteiger partial charge is 0.422 e. The molecule has 0 aliphatic carbocycles. The maximum absolute atomic E-state index is 12.4. The molecule has 152 valence electrons. The van der Waals surface area contributed by atoms with Crippen molar-refractivity contribution in [2.75, 3.05) is 25.5 Å². The molecule has 0 aliphatic heterocycles. The van der Waals surface area contributed by atoms with Crippen LogP contribution in [0, 0.1) is 13.8 Å². The molecule has 0 fully saturated rings. The van der Waals surface area contributed by atoms with Gasteiger partial charge in [-0.1, -0.05) is 35.9 Å². The largest absolute Gasteiger partial charge is 0.484 e. The van der Waals surface area contributed by atoms with Gasteiger partial charge in [0.05, 0.1) is 17.3 Å². The number of nitrogens with zero attached hydrogens (tertiary/aromatic N) is 1. The quantitative estimate of drug-likeness (QED) is 0.695. The first-order valence-corrected chi connectivity index (χ1v) is 8.95. The second kappa shape index (κ2) is 9.30. The third-order valence-electron chi connectivity index (χ3n) is 3.91. The predicted octanol–water partition coefficient (Wildman–Crippen LogP) is 4.97. The molecular weight excluding hydrogens is 393 g/mol. The van der Waals surface area contributed by atoms with Gasteiger partial charge in [0.2, 0.25) is 5.91 Å². The van der Waals surface area contributed by atoms with E-state index in [9.17, 15) is 18.0 Å². The van der Waals surface area contributed by atoms with Gasteiger partial charge in [-0.2, -0.15) is 13.2 Å². The summed E-state index contributed by atoms with van der Waals surface area (Å²) < 4.78 is 42.1. The zero-order valence-corrected chi connectivity index (χ0v) is 16.6. The zero-order valence-electron chi connectivity index (χ0n) is 15.9. The normalized spacial score (nSPS) is 11.6. The summed E-state index contributed by atoms with van der Waals surface area (Å²) in [7, 11) is 1.78. The first-order valence-electron chi connectivity index (χ1n) is 8.58. The Morgan fingerprint density at radius 1 is 1.18 bits per heavy atom. The highest BCUT2D eigenvalue weighted by Crippen LogP contribution is 2.27. The van der Waals surface area contributed by atoms with Crippen LogP contribution in [0.2, 0.25) is 5.02 Å². The van der Waals surface area contributed by atoms with E-state index in [-0.39, 0.29) is 18.2 Å². The molecule has 8 heteroatoms. The molecule has 0 atom stereocenters. The summed E-state index contributed by atoms with van der Waals surface area (Å²) in [5, 5.41) is 3.21. The lowest BCUT2D eigenvalue weighted by Crippen LogP contribution is -2.30. The van der Waals surface area contributed by atoms with Crippen LogP contribution in [-0.4, -0.2) is 37.2 Å². The van der Waals surface area contributed by atoms with Gasteiger partial charge in [-0.05, 0) is 49.7 Å². The molecule has 4 nitrogen and oxygen atoms in total. The second-order valence-electron chi connectivity index (χ2n) is 6.66. The lowest BCUT2D eigenvalue weighted by Gasteiger charge is -2.19. The number of para-hydroxylation sites is 1. The second-order valence-corrected chi connectivity index (χ2v) is 7.07. The summed E-state index contributed by atoms with van der Waals surface area (Å²) in [6, 6.07) is 10.5. The van der Waals surface area contributed by atoms with E-state index >= 15 is 0 Å². The van der Waals surface area contributed by atoms with Crippen molar-refractivity contribution in [3.8, 4) is 5.75 Å². The molecule has 1 N–H and O–H groups in total. The molecule has 0 saturated heterocycles. The minimum absolute atomic E-state index is 0.135. The molecule has 0 aromatic heterocycles. The van der Waals surface area contributed by atoms with Crippen LogP contribution >= 0.6 is 11.6 Å². The number of hydrogen-bond donors (Lipinski definition) is 1. The van der Waals surface area contributed by atoms with Gasteiger partial charge >= 0.3 is 6.18 Å². The van der Waals surface area contributed by atoms with Crippen molar-refractivity contribution in [2.24, 2.45) is 0 Å². The third kappa shape index (κ3) is 6.73. The predicted molar refractivity (Wildman–Crippen MR) is 104 cm³/mol. The summed E-state index contributed by atoms with van der Waals surface area (Å²) >= 11 is 6.03. The number of aryl methyl sites for hydroxylation is 2. The van der Waals surface area contributed by atoms with Crippen LogP contribution in [0.3, 0.4) is 0 Å². The Kier molecular flexibility index (Phi) is 7.32. The van der Waals surface area contributed by atoms with E-state index in [0.717, 1.165) is 5.56 Å². The van der Waals surface area contributed by atoms with E-state index < -0.39 is 12.8 Å². The fourth-order valence-electron chi connectivity index (χ4n) is 2.88. The molecule has 0 spiro atoms. The average Bonchev–Trinajstić information content (AvgIpc) is 2.55. The Bertz CT molecular complexity index is 817. The standard InChI is InChI=1S/C20H22ClF3N2O2/c1-13-8-15(9-14(2)19(13)28-12-20(22,23)24)10-26(3)11-18(27)25-17-7-5-4-6-16(17)21/h4-9H,10-12H2,1-3H3,(H,25,27). The molecule has 2 aromatic carbocycles. The van der Waals surface area contributed by atoms with Gasteiger partial charge in [0.25, 0.3) is 0 Å². The highest BCUT2D eigenvalue weighted by Gasteiger charge is 2.29. The van der Waals surface area contributed by atoms with Gasteiger partial charge in [-0.25, -0.2) is 0 Å². The van der Waals surface area contributed by atoms with Crippen molar-refractivity contribution in [2.45, 2.75) is 26.6 Å². The highest BCUT2D eigenvalue weighted by molar-refractivity contribution is 6.33. The van der Waals surface area contributed by atoms with E-state index in [4.69, 9.17) is 16.3 Å². The van der Waals surface area contributed by atoms with E-state index in [1.165, 1.54) is 0 Å². The molecule has 28 heavy (non-hydrogen) atoms.